The van der Waals surface area contributed by atoms with E-state index in [2.05, 4.69) is 37.1 Å². The lowest BCUT2D eigenvalue weighted by Crippen LogP contribution is -2.49. The minimum atomic E-state index is -0.481. The van der Waals surface area contributed by atoms with Gasteiger partial charge < -0.3 is 10.2 Å². The molecular weight excluding hydrogens is 350 g/mol. The maximum Gasteiger partial charge on any atom is 0.287 e. The third kappa shape index (κ3) is 2.34. The van der Waals surface area contributed by atoms with Crippen molar-refractivity contribution in [2.75, 3.05) is 4.90 Å². The van der Waals surface area contributed by atoms with E-state index in [0.29, 0.717) is 11.5 Å². The van der Waals surface area contributed by atoms with Crippen LogP contribution in [-0.2, 0) is 14.4 Å². The summed E-state index contributed by atoms with van der Waals surface area (Å²) in [6, 6.07) is 5.87. The Balaban J connectivity index is 1.89. The van der Waals surface area contributed by atoms with E-state index in [4.69, 9.17) is 0 Å². The number of thioether (sulfide) groups is 1. The van der Waals surface area contributed by atoms with Crippen LogP contribution in [0.1, 0.15) is 51.2 Å². The first kappa shape index (κ1) is 17.0. The van der Waals surface area contributed by atoms with Gasteiger partial charge in [0, 0.05) is 18.0 Å². The van der Waals surface area contributed by atoms with Crippen molar-refractivity contribution in [3.63, 3.8) is 0 Å². The molecule has 0 aliphatic carbocycles. The molecular formula is C19H19N3O3S. The lowest BCUT2D eigenvalue weighted by Gasteiger charge is -2.43. The van der Waals surface area contributed by atoms with Gasteiger partial charge in [-0.05, 0) is 43.5 Å². The second kappa shape index (κ2) is 5.54. The van der Waals surface area contributed by atoms with E-state index in [-0.39, 0.29) is 27.4 Å². The highest BCUT2D eigenvalue weighted by molar-refractivity contribution is 8.18. The molecule has 3 aliphatic heterocycles. The largest absolute Gasteiger partial charge is 0.305 e. The molecule has 1 atom stereocenters. The number of nitrogens with one attached hydrogen (secondary N) is 1. The first-order chi connectivity index (χ1) is 12.2. The molecule has 0 aromatic heterocycles. The number of benzene rings is 1. The van der Waals surface area contributed by atoms with Gasteiger partial charge in [-0.25, -0.2) is 0 Å². The van der Waals surface area contributed by atoms with Crippen molar-refractivity contribution >= 4 is 45.9 Å². The van der Waals surface area contributed by atoms with Gasteiger partial charge >= 0.3 is 0 Å². The number of carbonyl (C=O) groups excluding carboxylic acids is 3. The van der Waals surface area contributed by atoms with Crippen LogP contribution < -0.4 is 10.2 Å². The summed E-state index contributed by atoms with van der Waals surface area (Å²) in [7, 11) is 0. The lowest BCUT2D eigenvalue weighted by atomic mass is 9.80. The summed E-state index contributed by atoms with van der Waals surface area (Å²) in [5.74, 6) is -0.624. The predicted molar refractivity (Wildman–Crippen MR) is 102 cm³/mol. The highest BCUT2D eigenvalue weighted by atomic mass is 32.2. The molecule has 1 aromatic rings. The smallest absolute Gasteiger partial charge is 0.287 e. The van der Waals surface area contributed by atoms with Gasteiger partial charge in [0.1, 0.15) is 0 Å². The van der Waals surface area contributed by atoms with Crippen molar-refractivity contribution in [3.8, 4) is 0 Å². The highest BCUT2D eigenvalue weighted by Gasteiger charge is 2.49. The first-order valence-corrected chi connectivity index (χ1v) is 9.33. The summed E-state index contributed by atoms with van der Waals surface area (Å²) in [6.07, 6.45) is 0.854. The van der Waals surface area contributed by atoms with E-state index in [1.54, 1.807) is 0 Å². The number of hydrogen-bond donors (Lipinski definition) is 1. The van der Waals surface area contributed by atoms with Crippen molar-refractivity contribution < 1.29 is 14.4 Å². The number of amidine groups is 1. The number of nitrogens with zero attached hydrogens (tertiary/aromatic N) is 2. The Labute approximate surface area is 155 Å². The van der Waals surface area contributed by atoms with Crippen molar-refractivity contribution in [1.29, 1.82) is 0 Å². The van der Waals surface area contributed by atoms with Crippen molar-refractivity contribution in [1.82, 2.24) is 5.32 Å². The minimum absolute atomic E-state index is 0.167. The molecule has 0 unspecified atom stereocenters. The van der Waals surface area contributed by atoms with Gasteiger partial charge in [0.25, 0.3) is 11.8 Å². The number of amides is 3. The minimum Gasteiger partial charge on any atom is -0.305 e. The third-order valence-corrected chi connectivity index (χ3v) is 5.99. The van der Waals surface area contributed by atoms with Crippen LogP contribution >= 0.6 is 11.8 Å². The van der Waals surface area contributed by atoms with E-state index in [9.17, 15) is 14.4 Å². The molecule has 3 amide bonds. The van der Waals surface area contributed by atoms with Crippen LogP contribution in [0.15, 0.2) is 28.1 Å². The van der Waals surface area contributed by atoms with Gasteiger partial charge in [-0.15, -0.1) is 0 Å². The molecule has 26 heavy (non-hydrogen) atoms. The van der Waals surface area contributed by atoms with Gasteiger partial charge in [-0.2, -0.15) is 4.99 Å². The highest BCUT2D eigenvalue weighted by Crippen LogP contribution is 2.53. The van der Waals surface area contributed by atoms with E-state index in [1.807, 2.05) is 17.0 Å². The molecule has 0 fully saturated rings. The SMILES string of the molecule is CC(=O)NC1=NC(=O)/C(=C2\C(=O)N3c4c2cccc4[C@H](C)CC3(C)C)S1. The predicted octanol–water partition coefficient (Wildman–Crippen LogP) is 2.80. The zero-order valence-corrected chi connectivity index (χ0v) is 15.9. The van der Waals surface area contributed by atoms with Crippen LogP contribution in [0.3, 0.4) is 0 Å². The number of anilines is 1. The van der Waals surface area contributed by atoms with Crippen molar-refractivity contribution in [2.45, 2.75) is 45.6 Å². The summed E-state index contributed by atoms with van der Waals surface area (Å²) in [5, 5.41) is 2.75. The monoisotopic (exact) mass is 369 g/mol. The molecule has 0 radical (unpaired) electrons. The first-order valence-electron chi connectivity index (χ1n) is 8.51. The zero-order chi connectivity index (χ0) is 18.8. The average molecular weight is 369 g/mol. The average Bonchev–Trinajstić information content (AvgIpc) is 3.01. The molecule has 7 heteroatoms. The Hall–Kier alpha value is -2.41. The molecule has 6 nitrogen and oxygen atoms in total. The molecule has 3 aliphatic rings. The molecule has 1 aromatic carbocycles. The van der Waals surface area contributed by atoms with Gasteiger partial charge in [0.2, 0.25) is 5.91 Å². The van der Waals surface area contributed by atoms with Crippen LogP contribution in [0.2, 0.25) is 0 Å². The maximum atomic E-state index is 13.3. The molecule has 0 bridgehead atoms. The van der Waals surface area contributed by atoms with Gasteiger partial charge in [-0.3, -0.25) is 14.4 Å². The van der Waals surface area contributed by atoms with E-state index < -0.39 is 5.91 Å². The van der Waals surface area contributed by atoms with E-state index in [1.165, 1.54) is 6.92 Å². The van der Waals surface area contributed by atoms with Crippen molar-refractivity contribution in [3.05, 3.63) is 34.2 Å². The Bertz CT molecular complexity index is 945. The lowest BCUT2D eigenvalue weighted by molar-refractivity contribution is -0.117. The number of para-hydroxylation sites is 1. The fraction of sp³-hybridized carbons (Fsp3) is 0.368. The molecule has 0 spiro atoms. The fourth-order valence-corrected chi connectivity index (χ4v) is 5.10. The summed E-state index contributed by atoms with van der Waals surface area (Å²) in [4.78, 5) is 43.0. The molecule has 1 N–H and O–H groups in total. The van der Waals surface area contributed by atoms with Gasteiger partial charge in [0.05, 0.1) is 16.2 Å². The quantitative estimate of drug-likeness (QED) is 0.713. The van der Waals surface area contributed by atoms with Crippen LogP contribution in [0, 0.1) is 0 Å². The van der Waals surface area contributed by atoms with Crippen molar-refractivity contribution in [2.24, 2.45) is 4.99 Å². The zero-order valence-electron chi connectivity index (χ0n) is 15.0. The Kier molecular flexibility index (Phi) is 3.63. The molecule has 134 valence electrons. The van der Waals surface area contributed by atoms with Crippen LogP contribution in [0.5, 0.6) is 0 Å². The maximum absolute atomic E-state index is 13.3. The summed E-state index contributed by atoms with van der Waals surface area (Å²) >= 11 is 1.05. The Morgan fingerprint density at radius 2 is 2.08 bits per heavy atom. The Morgan fingerprint density at radius 1 is 1.35 bits per heavy atom. The summed E-state index contributed by atoms with van der Waals surface area (Å²) in [5.41, 5.74) is 2.87. The second-order valence-electron chi connectivity index (χ2n) is 7.51. The summed E-state index contributed by atoms with van der Waals surface area (Å²) in [6.45, 7) is 7.63. The van der Waals surface area contributed by atoms with E-state index >= 15 is 0 Å². The number of hydrogen-bond acceptors (Lipinski definition) is 4. The summed E-state index contributed by atoms with van der Waals surface area (Å²) < 4.78 is 0. The standard InChI is InChI=1S/C19H19N3O3S/c1-9-8-19(3,4)22-14-11(9)6-5-7-12(14)13(17(22)25)15-16(24)21-18(26-15)20-10(2)23/h5-7,9H,8H2,1-4H3,(H,20,21,23,24)/b15-13+/t9-/m1/s1. The second-order valence-corrected chi connectivity index (χ2v) is 8.51. The Morgan fingerprint density at radius 3 is 2.77 bits per heavy atom. The number of rotatable bonds is 0. The fourth-order valence-electron chi connectivity index (χ4n) is 4.15. The molecule has 0 saturated heterocycles. The van der Waals surface area contributed by atoms with Gasteiger partial charge in [0.15, 0.2) is 5.17 Å². The number of carbonyl (C=O) groups is 3. The van der Waals surface area contributed by atoms with Crippen LogP contribution in [0.25, 0.3) is 5.57 Å². The van der Waals surface area contributed by atoms with Crippen LogP contribution in [-0.4, -0.2) is 28.4 Å². The molecule has 0 saturated carbocycles. The third-order valence-electron chi connectivity index (χ3n) is 5.03. The van der Waals surface area contributed by atoms with Gasteiger partial charge in [-0.1, -0.05) is 25.1 Å². The normalized spacial score (nSPS) is 26.1. The molecule has 3 heterocycles. The number of aliphatic imine (C=N–C) groups is 1. The van der Waals surface area contributed by atoms with Crippen LogP contribution in [0.4, 0.5) is 5.69 Å². The topological polar surface area (TPSA) is 78.8 Å². The molecule has 4 rings (SSSR count). The van der Waals surface area contributed by atoms with E-state index in [0.717, 1.165) is 35.0 Å².